The molecule has 1 amide bonds. The second-order valence-corrected chi connectivity index (χ2v) is 5.25. The van der Waals surface area contributed by atoms with Gasteiger partial charge in [0.05, 0.1) is 11.8 Å². The molecule has 1 aromatic carbocycles. The van der Waals surface area contributed by atoms with Crippen LogP contribution in [-0.4, -0.2) is 17.0 Å². The van der Waals surface area contributed by atoms with Crippen molar-refractivity contribution in [2.24, 2.45) is 11.1 Å². The van der Waals surface area contributed by atoms with E-state index < -0.39 is 11.4 Å². The van der Waals surface area contributed by atoms with Gasteiger partial charge in [-0.25, -0.2) is 0 Å². The summed E-state index contributed by atoms with van der Waals surface area (Å²) in [5.74, 6) is -1.01. The van der Waals surface area contributed by atoms with Crippen molar-refractivity contribution in [3.05, 3.63) is 35.4 Å². The molecule has 19 heavy (non-hydrogen) atoms. The first-order chi connectivity index (χ1) is 9.53. The summed E-state index contributed by atoms with van der Waals surface area (Å²) in [5.41, 5.74) is 3.07. The molecule has 4 heteroatoms. The van der Waals surface area contributed by atoms with Gasteiger partial charge in [-0.1, -0.05) is 31.2 Å². The molecule has 2 atom stereocenters. The molecule has 102 valence electrons. The molecule has 1 aliphatic rings. The van der Waals surface area contributed by atoms with Gasteiger partial charge in [-0.2, -0.15) is 0 Å². The predicted octanol–water partition coefficient (Wildman–Crippen LogP) is 2.07. The second-order valence-electron chi connectivity index (χ2n) is 5.25. The lowest BCUT2D eigenvalue weighted by Gasteiger charge is -2.46. The third kappa shape index (κ3) is 2.35. The van der Waals surface area contributed by atoms with E-state index in [-0.39, 0.29) is 18.2 Å². The maximum atomic E-state index is 11.5. The van der Waals surface area contributed by atoms with Crippen molar-refractivity contribution >= 4 is 11.9 Å². The molecule has 1 aromatic rings. The third-order valence-electron chi connectivity index (χ3n) is 4.35. The minimum absolute atomic E-state index is 0.0593. The maximum absolute atomic E-state index is 11.5. The van der Waals surface area contributed by atoms with Crippen LogP contribution in [0.4, 0.5) is 0 Å². The molecule has 0 spiro atoms. The molecular formula is C15H19NO3. The molecule has 0 radical (unpaired) electrons. The molecule has 4 nitrogen and oxygen atoms in total. The number of hydrogen-bond acceptors (Lipinski definition) is 2. The number of benzene rings is 1. The molecule has 1 saturated carbocycles. The van der Waals surface area contributed by atoms with E-state index in [0.29, 0.717) is 6.42 Å². The first kappa shape index (κ1) is 12.2. The average molecular weight is 262 g/mol. The Balaban J connectivity index is 2.14. The van der Waals surface area contributed by atoms with Crippen LogP contribution in [0.15, 0.2) is 24.3 Å². The summed E-state index contributed by atoms with van der Waals surface area (Å²) >= 11 is 0. The number of aliphatic carboxylic acids is 1. The SMILES string of the molecule is [2H]NC(=O)Cc1ccc(C2CCC2(CC)C(=O)O)cc1. The largest absolute Gasteiger partial charge is 0.481 e. The van der Waals surface area contributed by atoms with Gasteiger partial charge >= 0.3 is 5.97 Å². The number of carboxylic acid groups (broad SMARTS) is 1. The quantitative estimate of drug-likeness (QED) is 0.852. The molecule has 2 rings (SSSR count). The van der Waals surface area contributed by atoms with Crippen LogP contribution in [0, 0.1) is 5.41 Å². The van der Waals surface area contributed by atoms with Gasteiger partial charge in [0.2, 0.25) is 5.91 Å². The van der Waals surface area contributed by atoms with Crippen LogP contribution in [0.5, 0.6) is 0 Å². The van der Waals surface area contributed by atoms with Gasteiger partial charge in [0.25, 0.3) is 0 Å². The van der Waals surface area contributed by atoms with E-state index in [4.69, 9.17) is 1.41 Å². The molecule has 3 N–H and O–H groups in total. The zero-order valence-corrected chi connectivity index (χ0v) is 11.0. The molecule has 0 heterocycles. The van der Waals surface area contributed by atoms with Crippen LogP contribution < -0.4 is 5.73 Å². The van der Waals surface area contributed by atoms with E-state index in [1.165, 1.54) is 0 Å². The Hall–Kier alpha value is -1.84. The molecule has 1 fully saturated rings. The van der Waals surface area contributed by atoms with Crippen molar-refractivity contribution < 1.29 is 16.1 Å². The summed E-state index contributed by atoms with van der Waals surface area (Å²) in [6.45, 7) is 1.92. The summed E-state index contributed by atoms with van der Waals surface area (Å²) in [5, 5.41) is 9.45. The number of nitrogens with two attached hydrogens (primary N) is 1. The van der Waals surface area contributed by atoms with Gasteiger partial charge in [-0.3, -0.25) is 9.59 Å². The van der Waals surface area contributed by atoms with Crippen LogP contribution in [-0.2, 0) is 16.0 Å². The molecular weight excluding hydrogens is 242 g/mol. The minimum atomic E-state index is -0.714. The Kier molecular flexibility index (Phi) is 3.23. The van der Waals surface area contributed by atoms with E-state index in [9.17, 15) is 14.7 Å². The van der Waals surface area contributed by atoms with Crippen molar-refractivity contribution in [2.45, 2.75) is 38.5 Å². The Bertz CT molecular complexity index is 510. The molecule has 1 aliphatic carbocycles. The fraction of sp³-hybridized carbons (Fsp3) is 0.467. The number of rotatable bonds is 5. The number of primary amides is 1. The van der Waals surface area contributed by atoms with Crippen molar-refractivity contribution in [1.29, 1.82) is 0 Å². The molecule has 0 bridgehead atoms. The van der Waals surface area contributed by atoms with Crippen LogP contribution in [0.2, 0.25) is 1.41 Å². The van der Waals surface area contributed by atoms with E-state index in [0.717, 1.165) is 24.0 Å². The lowest BCUT2D eigenvalue weighted by atomic mass is 9.56. The van der Waals surface area contributed by atoms with Gasteiger partial charge in [-0.05, 0) is 30.4 Å². The highest BCUT2D eigenvalue weighted by atomic mass is 16.4. The monoisotopic (exact) mass is 262 g/mol. The number of carbonyl (C=O) groups is 2. The van der Waals surface area contributed by atoms with Gasteiger partial charge in [0.1, 0.15) is 0 Å². The average Bonchev–Trinajstić information content (AvgIpc) is 2.40. The third-order valence-corrected chi connectivity index (χ3v) is 4.35. The molecule has 2 unspecified atom stereocenters. The predicted molar refractivity (Wildman–Crippen MR) is 71.7 cm³/mol. The summed E-state index contributed by atoms with van der Waals surface area (Å²) in [6.07, 6.45) is 2.43. The maximum Gasteiger partial charge on any atom is 0.310 e. The minimum Gasteiger partial charge on any atom is -0.481 e. The van der Waals surface area contributed by atoms with E-state index in [1.54, 1.807) is 0 Å². The smallest absolute Gasteiger partial charge is 0.310 e. The van der Waals surface area contributed by atoms with E-state index in [2.05, 4.69) is 0 Å². The van der Waals surface area contributed by atoms with Gasteiger partial charge in [-0.15, -0.1) is 0 Å². The van der Waals surface area contributed by atoms with Crippen molar-refractivity contribution in [1.82, 2.24) is 0 Å². The summed E-state index contributed by atoms with van der Waals surface area (Å²) < 4.78 is 6.77. The number of carboxylic acids is 1. The van der Waals surface area contributed by atoms with Crippen LogP contribution >= 0.6 is 0 Å². The van der Waals surface area contributed by atoms with Crippen LogP contribution in [0.25, 0.3) is 0 Å². The molecule has 0 aliphatic heterocycles. The highest BCUT2D eigenvalue weighted by Gasteiger charge is 2.51. The van der Waals surface area contributed by atoms with Crippen LogP contribution in [0.1, 0.15) is 43.2 Å². The Labute approximate surface area is 114 Å². The summed E-state index contributed by atoms with van der Waals surface area (Å²) in [4.78, 5) is 22.6. The highest BCUT2D eigenvalue weighted by Crippen LogP contribution is 2.55. The fourth-order valence-electron chi connectivity index (χ4n) is 3.01. The fourth-order valence-corrected chi connectivity index (χ4v) is 3.01. The lowest BCUT2D eigenvalue weighted by molar-refractivity contribution is -0.157. The molecule has 0 saturated heterocycles. The van der Waals surface area contributed by atoms with Gasteiger partial charge < -0.3 is 10.8 Å². The molecule has 0 aromatic heterocycles. The second kappa shape index (κ2) is 5.03. The van der Waals surface area contributed by atoms with Crippen molar-refractivity contribution in [3.8, 4) is 0 Å². The van der Waals surface area contributed by atoms with Crippen molar-refractivity contribution in [2.75, 3.05) is 0 Å². The Morgan fingerprint density at radius 1 is 1.47 bits per heavy atom. The standard InChI is InChI=1S/C15H19NO3/c1-2-15(14(18)19)8-7-12(15)11-5-3-10(4-6-11)9-13(16)17/h3-6,12H,2,7-9H2,1H3,(H2,16,17)(H,18,19)/i/hD. The summed E-state index contributed by atoms with van der Waals surface area (Å²) in [7, 11) is 0. The zero-order valence-electron chi connectivity index (χ0n) is 12.0. The normalized spacial score (nSPS) is 26.2. The topological polar surface area (TPSA) is 80.4 Å². The van der Waals surface area contributed by atoms with E-state index >= 15 is 0 Å². The number of carbonyl (C=O) groups excluding carboxylic acids is 1. The highest BCUT2D eigenvalue weighted by molar-refractivity contribution is 5.78. The first-order valence-electron chi connectivity index (χ1n) is 7.06. The van der Waals surface area contributed by atoms with Gasteiger partial charge in [0.15, 0.2) is 1.41 Å². The lowest BCUT2D eigenvalue weighted by Crippen LogP contribution is -2.44. The number of hydrogen-bond donors (Lipinski definition) is 2. The number of amides is 1. The zero-order chi connectivity index (χ0) is 14.8. The Morgan fingerprint density at radius 2 is 2.16 bits per heavy atom. The first-order valence-corrected chi connectivity index (χ1v) is 6.56. The van der Waals surface area contributed by atoms with Crippen LogP contribution in [0.3, 0.4) is 0 Å². The summed E-state index contributed by atoms with van der Waals surface area (Å²) in [6, 6.07) is 7.49. The van der Waals surface area contributed by atoms with Crippen molar-refractivity contribution in [3.63, 3.8) is 0 Å². The van der Waals surface area contributed by atoms with Gasteiger partial charge in [0, 0.05) is 5.92 Å². The Morgan fingerprint density at radius 3 is 2.58 bits per heavy atom. The van der Waals surface area contributed by atoms with E-state index in [1.807, 2.05) is 36.9 Å².